The van der Waals surface area contributed by atoms with Gasteiger partial charge >= 0.3 is 5.69 Å². The van der Waals surface area contributed by atoms with Crippen molar-refractivity contribution in [3.05, 3.63) is 46.0 Å². The number of nitrogen functional groups attached to an aromatic ring is 1. The molecule has 1 heterocycles. The molecule has 0 aliphatic heterocycles. The molecule has 2 rings (SSSR count). The Kier molecular flexibility index (Phi) is 4.24. The maximum absolute atomic E-state index is 13.1. The molecule has 3 N–H and O–H groups in total. The van der Waals surface area contributed by atoms with Gasteiger partial charge in [-0.15, -0.1) is 0 Å². The first-order valence-electron chi connectivity index (χ1n) is 6.00. The van der Waals surface area contributed by atoms with Crippen LogP contribution in [0.2, 0.25) is 0 Å². The van der Waals surface area contributed by atoms with Crippen molar-refractivity contribution in [3.63, 3.8) is 0 Å². The third kappa shape index (κ3) is 3.39. The number of nitrogens with one attached hydrogen (secondary N) is 1. The molecule has 0 amide bonds. The van der Waals surface area contributed by atoms with Crippen LogP contribution in [-0.4, -0.2) is 14.9 Å². The zero-order chi connectivity index (χ0) is 15.4. The van der Waals surface area contributed by atoms with E-state index in [9.17, 15) is 14.5 Å². The van der Waals surface area contributed by atoms with Crippen LogP contribution >= 0.6 is 0 Å². The third-order valence-corrected chi connectivity index (χ3v) is 2.55. The summed E-state index contributed by atoms with van der Waals surface area (Å²) in [6.07, 6.45) is 0.525. The quantitative estimate of drug-likeness (QED) is 0.493. The molecule has 1 aromatic carbocycles. The first-order chi connectivity index (χ1) is 10.0. The Morgan fingerprint density at radius 1 is 1.43 bits per heavy atom. The van der Waals surface area contributed by atoms with Gasteiger partial charge in [-0.05, 0) is 12.1 Å². The van der Waals surface area contributed by atoms with Crippen LogP contribution in [0.15, 0.2) is 24.3 Å². The van der Waals surface area contributed by atoms with Gasteiger partial charge in [-0.2, -0.15) is 4.98 Å². The highest BCUT2D eigenvalue weighted by Crippen LogP contribution is 2.31. The van der Waals surface area contributed by atoms with Gasteiger partial charge < -0.3 is 10.2 Å². The fourth-order valence-electron chi connectivity index (χ4n) is 1.59. The maximum Gasteiger partial charge on any atom is 0.314 e. The summed E-state index contributed by atoms with van der Waals surface area (Å²) in [6, 6.07) is 4.38. The van der Waals surface area contributed by atoms with Crippen molar-refractivity contribution in [1.29, 1.82) is 0 Å². The summed E-state index contributed by atoms with van der Waals surface area (Å²) < 4.78 is 18.4. The van der Waals surface area contributed by atoms with Crippen LogP contribution in [0.4, 0.5) is 15.9 Å². The Balaban J connectivity index is 2.40. The minimum atomic E-state index is -0.734. The number of nitro groups is 1. The van der Waals surface area contributed by atoms with Crippen LogP contribution in [0.25, 0.3) is 0 Å². The minimum absolute atomic E-state index is 0.0736. The number of aromatic nitrogens is 2. The second kappa shape index (κ2) is 6.09. The van der Waals surface area contributed by atoms with Gasteiger partial charge in [-0.3, -0.25) is 10.1 Å². The molecule has 0 unspecified atom stereocenters. The van der Waals surface area contributed by atoms with Crippen molar-refractivity contribution < 1.29 is 14.1 Å². The molecule has 0 bridgehead atoms. The van der Waals surface area contributed by atoms with Gasteiger partial charge in [0.25, 0.3) is 0 Å². The molecule has 0 radical (unpaired) electrons. The second-order valence-electron chi connectivity index (χ2n) is 3.98. The standard InChI is InChI=1S/C12H12FN5O3/c1-2-10-15-11(17-14)6-12(16-10)21-9-4-3-7(13)5-8(9)18(19)20/h3-6H,2,14H2,1H3,(H,15,16,17). The number of nitrogens with zero attached hydrogens (tertiary/aromatic N) is 3. The molecule has 0 atom stereocenters. The number of hydrogen-bond acceptors (Lipinski definition) is 7. The van der Waals surface area contributed by atoms with Gasteiger partial charge in [-0.1, -0.05) is 6.92 Å². The van der Waals surface area contributed by atoms with Crippen LogP contribution < -0.4 is 16.0 Å². The number of nitrogens with two attached hydrogens (primary N) is 1. The number of rotatable bonds is 5. The van der Waals surface area contributed by atoms with Gasteiger partial charge in [0.2, 0.25) is 11.6 Å². The summed E-state index contributed by atoms with van der Waals surface area (Å²) in [5.41, 5.74) is 1.86. The van der Waals surface area contributed by atoms with Crippen molar-refractivity contribution in [2.24, 2.45) is 5.84 Å². The molecule has 0 aliphatic rings. The lowest BCUT2D eigenvalue weighted by molar-refractivity contribution is -0.385. The van der Waals surface area contributed by atoms with E-state index in [4.69, 9.17) is 10.6 Å². The number of hydrogen-bond donors (Lipinski definition) is 2. The Hall–Kier alpha value is -2.81. The number of ether oxygens (including phenoxy) is 1. The lowest BCUT2D eigenvalue weighted by atomic mass is 10.3. The highest BCUT2D eigenvalue weighted by Gasteiger charge is 2.18. The smallest absolute Gasteiger partial charge is 0.314 e. The summed E-state index contributed by atoms with van der Waals surface area (Å²) in [7, 11) is 0. The van der Waals surface area contributed by atoms with E-state index in [-0.39, 0.29) is 11.6 Å². The predicted octanol–water partition coefficient (Wildman–Crippen LogP) is 2.16. The Labute approximate surface area is 118 Å². The van der Waals surface area contributed by atoms with Gasteiger partial charge in [0.1, 0.15) is 17.5 Å². The summed E-state index contributed by atoms with van der Waals surface area (Å²) in [4.78, 5) is 18.3. The molecule has 8 nitrogen and oxygen atoms in total. The SMILES string of the molecule is CCc1nc(NN)cc(Oc2ccc(F)cc2[N+](=O)[O-])n1. The molecule has 0 fully saturated rings. The highest BCUT2D eigenvalue weighted by molar-refractivity contribution is 5.48. The molecule has 0 aliphatic carbocycles. The minimum Gasteiger partial charge on any atom is -0.432 e. The summed E-state index contributed by atoms with van der Waals surface area (Å²) in [6.45, 7) is 1.83. The lowest BCUT2D eigenvalue weighted by Crippen LogP contribution is -2.10. The van der Waals surface area contributed by atoms with Crippen molar-refractivity contribution in [3.8, 4) is 11.6 Å². The summed E-state index contributed by atoms with van der Waals surface area (Å²) in [5, 5.41) is 10.9. The highest BCUT2D eigenvalue weighted by atomic mass is 19.1. The van der Waals surface area contributed by atoms with Crippen LogP contribution in [0.5, 0.6) is 11.6 Å². The van der Waals surface area contributed by atoms with Crippen LogP contribution in [0.1, 0.15) is 12.7 Å². The van der Waals surface area contributed by atoms with Gasteiger partial charge in [0.05, 0.1) is 11.0 Å². The molecule has 110 valence electrons. The van der Waals surface area contributed by atoms with E-state index in [2.05, 4.69) is 15.4 Å². The van der Waals surface area contributed by atoms with E-state index in [0.717, 1.165) is 18.2 Å². The molecular formula is C12H12FN5O3. The molecule has 1 aromatic heterocycles. The van der Waals surface area contributed by atoms with E-state index in [1.54, 1.807) is 0 Å². The average molecular weight is 293 g/mol. The molecular weight excluding hydrogens is 281 g/mol. The normalized spacial score (nSPS) is 10.2. The zero-order valence-electron chi connectivity index (χ0n) is 11.0. The van der Waals surface area contributed by atoms with Gasteiger partial charge in [0, 0.05) is 12.5 Å². The topological polar surface area (TPSA) is 116 Å². The van der Waals surface area contributed by atoms with Crippen LogP contribution in [0, 0.1) is 15.9 Å². The zero-order valence-corrected chi connectivity index (χ0v) is 11.0. The Morgan fingerprint density at radius 3 is 2.81 bits per heavy atom. The van der Waals surface area contributed by atoms with Crippen molar-refractivity contribution >= 4 is 11.5 Å². The second-order valence-corrected chi connectivity index (χ2v) is 3.98. The van der Waals surface area contributed by atoms with Crippen LogP contribution in [0.3, 0.4) is 0 Å². The molecule has 2 aromatic rings. The summed E-state index contributed by atoms with van der Waals surface area (Å²) >= 11 is 0. The number of nitro benzene ring substituents is 1. The maximum atomic E-state index is 13.1. The van der Waals surface area contributed by atoms with Gasteiger partial charge in [0.15, 0.2) is 0 Å². The Bertz CT molecular complexity index is 658. The van der Waals surface area contributed by atoms with E-state index in [0.29, 0.717) is 18.1 Å². The van der Waals surface area contributed by atoms with E-state index in [1.165, 1.54) is 6.07 Å². The largest absolute Gasteiger partial charge is 0.432 e. The summed E-state index contributed by atoms with van der Waals surface area (Å²) in [5.74, 6) is 5.26. The van der Waals surface area contributed by atoms with Crippen molar-refractivity contribution in [1.82, 2.24) is 9.97 Å². The number of benzene rings is 1. The molecule has 0 saturated carbocycles. The lowest BCUT2D eigenvalue weighted by Gasteiger charge is -2.08. The number of anilines is 1. The fourth-order valence-corrected chi connectivity index (χ4v) is 1.59. The fraction of sp³-hybridized carbons (Fsp3) is 0.167. The first-order valence-corrected chi connectivity index (χ1v) is 6.00. The molecule has 0 spiro atoms. The Morgan fingerprint density at radius 2 is 2.19 bits per heavy atom. The monoisotopic (exact) mass is 293 g/mol. The van der Waals surface area contributed by atoms with E-state index >= 15 is 0 Å². The number of halogens is 1. The average Bonchev–Trinajstić information content (AvgIpc) is 2.48. The molecule has 21 heavy (non-hydrogen) atoms. The number of hydrazine groups is 1. The van der Waals surface area contributed by atoms with Gasteiger partial charge in [-0.25, -0.2) is 15.2 Å². The third-order valence-electron chi connectivity index (χ3n) is 2.55. The van der Waals surface area contributed by atoms with Crippen molar-refractivity contribution in [2.75, 3.05) is 5.43 Å². The first kappa shape index (κ1) is 14.6. The van der Waals surface area contributed by atoms with E-state index < -0.39 is 16.4 Å². The molecule has 0 saturated heterocycles. The number of aryl methyl sites for hydroxylation is 1. The van der Waals surface area contributed by atoms with Crippen LogP contribution in [-0.2, 0) is 6.42 Å². The molecule has 9 heteroatoms. The van der Waals surface area contributed by atoms with Crippen molar-refractivity contribution in [2.45, 2.75) is 13.3 Å². The van der Waals surface area contributed by atoms with E-state index in [1.807, 2.05) is 6.92 Å². The predicted molar refractivity (Wildman–Crippen MR) is 72.3 cm³/mol.